The zero-order chi connectivity index (χ0) is 18.4. The van der Waals surface area contributed by atoms with Gasteiger partial charge in [-0.15, -0.1) is 35.3 Å². The van der Waals surface area contributed by atoms with Crippen molar-refractivity contribution in [1.82, 2.24) is 15.6 Å². The lowest BCUT2D eigenvalue weighted by molar-refractivity contribution is 0.598. The molecule has 0 saturated heterocycles. The highest BCUT2D eigenvalue weighted by molar-refractivity contribution is 14.0. The van der Waals surface area contributed by atoms with Crippen LogP contribution in [0.3, 0.4) is 0 Å². The van der Waals surface area contributed by atoms with Gasteiger partial charge < -0.3 is 10.6 Å². The maximum atomic E-state index is 11.2. The van der Waals surface area contributed by atoms with E-state index in [0.29, 0.717) is 19.0 Å². The molecule has 1 heterocycles. The number of hydrogen-bond acceptors (Lipinski definition) is 5. The van der Waals surface area contributed by atoms with Gasteiger partial charge in [0.15, 0.2) is 5.96 Å². The van der Waals surface area contributed by atoms with E-state index in [1.807, 2.05) is 13.8 Å². The summed E-state index contributed by atoms with van der Waals surface area (Å²) in [7, 11) is -1.92. The molecule has 26 heavy (non-hydrogen) atoms. The van der Waals surface area contributed by atoms with Gasteiger partial charge in [0.2, 0.25) is 10.0 Å². The lowest BCUT2D eigenvalue weighted by Crippen LogP contribution is -2.37. The number of halogens is 1. The number of sulfonamides is 1. The highest BCUT2D eigenvalue weighted by atomic mass is 127. The van der Waals surface area contributed by atoms with Crippen molar-refractivity contribution in [2.75, 3.05) is 13.6 Å². The van der Waals surface area contributed by atoms with Gasteiger partial charge in [0.1, 0.15) is 0 Å². The molecule has 10 heteroatoms. The van der Waals surface area contributed by atoms with Gasteiger partial charge in [0, 0.05) is 18.5 Å². The molecule has 1 aromatic heterocycles. The zero-order valence-electron chi connectivity index (χ0n) is 14.9. The molecule has 1 aromatic carbocycles. The second-order valence-electron chi connectivity index (χ2n) is 5.53. The minimum Gasteiger partial charge on any atom is -0.356 e. The van der Waals surface area contributed by atoms with Gasteiger partial charge in [-0.25, -0.2) is 18.5 Å². The fourth-order valence-corrected chi connectivity index (χ4v) is 3.69. The number of rotatable bonds is 6. The van der Waals surface area contributed by atoms with Crippen LogP contribution >= 0.6 is 35.3 Å². The molecule has 0 amide bonds. The molecule has 0 bridgehead atoms. The van der Waals surface area contributed by atoms with Gasteiger partial charge in [-0.1, -0.05) is 12.1 Å². The Kier molecular flexibility index (Phi) is 8.93. The minimum atomic E-state index is -3.64. The van der Waals surface area contributed by atoms with Crippen molar-refractivity contribution in [3.8, 4) is 0 Å². The number of benzene rings is 1. The van der Waals surface area contributed by atoms with Crippen molar-refractivity contribution in [2.45, 2.75) is 31.7 Å². The second-order valence-corrected chi connectivity index (χ2v) is 8.38. The van der Waals surface area contributed by atoms with Gasteiger partial charge in [-0.05, 0) is 38.0 Å². The average molecular weight is 509 g/mol. The van der Waals surface area contributed by atoms with E-state index in [2.05, 4.69) is 20.6 Å². The largest absolute Gasteiger partial charge is 0.356 e. The van der Waals surface area contributed by atoms with Crippen molar-refractivity contribution in [1.29, 1.82) is 0 Å². The van der Waals surface area contributed by atoms with E-state index in [1.165, 1.54) is 17.0 Å². The van der Waals surface area contributed by atoms with E-state index in [-0.39, 0.29) is 28.9 Å². The number of nitrogens with one attached hydrogen (secondary N) is 2. The van der Waals surface area contributed by atoms with Crippen LogP contribution in [0.15, 0.2) is 34.2 Å². The summed E-state index contributed by atoms with van der Waals surface area (Å²) in [6, 6.07) is 6.57. The van der Waals surface area contributed by atoms with Crippen LogP contribution in [0.4, 0.5) is 0 Å². The van der Waals surface area contributed by atoms with Crippen LogP contribution in [-0.2, 0) is 23.0 Å². The highest BCUT2D eigenvalue weighted by Gasteiger charge is 2.07. The lowest BCUT2D eigenvalue weighted by atomic mass is 10.1. The third-order valence-electron chi connectivity index (χ3n) is 3.60. The molecule has 0 radical (unpaired) electrons. The Hall–Kier alpha value is -1.24. The van der Waals surface area contributed by atoms with E-state index in [0.717, 1.165) is 22.7 Å². The molecule has 2 aromatic rings. The molecule has 144 valence electrons. The standard InChI is InChI=1S/C16H23N5O2S2.HI/c1-11-15(24-12(2)21-11)10-20-16(18-3)19-9-8-13-4-6-14(7-5-13)25(17,22)23;/h4-7H,8-10H2,1-3H3,(H2,17,22,23)(H2,18,19,20);1H. The summed E-state index contributed by atoms with van der Waals surface area (Å²) < 4.78 is 22.5. The molecular formula is C16H24IN5O2S2. The van der Waals surface area contributed by atoms with Gasteiger partial charge in [0.25, 0.3) is 0 Å². The summed E-state index contributed by atoms with van der Waals surface area (Å²) in [6.07, 6.45) is 0.740. The third kappa shape index (κ3) is 6.82. The van der Waals surface area contributed by atoms with Crippen molar-refractivity contribution in [3.63, 3.8) is 0 Å². The van der Waals surface area contributed by atoms with Crippen molar-refractivity contribution in [3.05, 3.63) is 45.4 Å². The Bertz CT molecular complexity index is 848. The van der Waals surface area contributed by atoms with E-state index < -0.39 is 10.0 Å². The Labute approximate surface area is 175 Å². The summed E-state index contributed by atoms with van der Waals surface area (Å²) in [5, 5.41) is 12.7. The summed E-state index contributed by atoms with van der Waals surface area (Å²) in [6.45, 7) is 5.35. The summed E-state index contributed by atoms with van der Waals surface area (Å²) in [5.74, 6) is 0.714. The van der Waals surface area contributed by atoms with Gasteiger partial charge in [-0.3, -0.25) is 4.99 Å². The van der Waals surface area contributed by atoms with E-state index in [1.54, 1.807) is 30.5 Å². The number of nitrogens with zero attached hydrogens (tertiary/aromatic N) is 2. The zero-order valence-corrected chi connectivity index (χ0v) is 18.9. The lowest BCUT2D eigenvalue weighted by Gasteiger charge is -2.11. The summed E-state index contributed by atoms with van der Waals surface area (Å²) in [5.41, 5.74) is 2.06. The molecule has 0 fully saturated rings. The van der Waals surface area contributed by atoms with Crippen LogP contribution < -0.4 is 15.8 Å². The quantitative estimate of drug-likeness (QED) is 0.313. The van der Waals surface area contributed by atoms with Crippen LogP contribution in [0, 0.1) is 13.8 Å². The first-order valence-corrected chi connectivity index (χ1v) is 10.1. The number of aromatic nitrogens is 1. The van der Waals surface area contributed by atoms with Crippen molar-refractivity contribution >= 4 is 51.3 Å². The molecule has 0 saturated carbocycles. The fraction of sp³-hybridized carbons (Fsp3) is 0.375. The SMILES string of the molecule is CN=C(NCCc1ccc(S(N)(=O)=O)cc1)NCc1sc(C)nc1C.I. The number of guanidine groups is 1. The average Bonchev–Trinajstić information content (AvgIpc) is 2.88. The number of primary sulfonamides is 1. The van der Waals surface area contributed by atoms with Crippen LogP contribution in [0.5, 0.6) is 0 Å². The molecule has 7 nitrogen and oxygen atoms in total. The van der Waals surface area contributed by atoms with Gasteiger partial charge in [0.05, 0.1) is 22.1 Å². The Morgan fingerprint density at radius 2 is 1.88 bits per heavy atom. The molecule has 0 atom stereocenters. The summed E-state index contributed by atoms with van der Waals surface area (Å²) >= 11 is 1.68. The molecule has 2 rings (SSSR count). The number of nitrogens with two attached hydrogens (primary N) is 1. The smallest absolute Gasteiger partial charge is 0.238 e. The first-order chi connectivity index (χ1) is 11.8. The highest BCUT2D eigenvalue weighted by Crippen LogP contribution is 2.16. The Morgan fingerprint density at radius 1 is 1.23 bits per heavy atom. The topological polar surface area (TPSA) is 109 Å². The first kappa shape index (κ1) is 22.8. The summed E-state index contributed by atoms with van der Waals surface area (Å²) in [4.78, 5) is 9.92. The maximum absolute atomic E-state index is 11.2. The molecule has 0 spiro atoms. The van der Waals surface area contributed by atoms with E-state index in [4.69, 9.17) is 5.14 Å². The number of thiazole rings is 1. The van der Waals surface area contributed by atoms with Crippen LogP contribution in [0.25, 0.3) is 0 Å². The second kappa shape index (κ2) is 10.2. The predicted octanol–water partition coefficient (Wildman–Crippen LogP) is 1.93. The van der Waals surface area contributed by atoms with E-state index >= 15 is 0 Å². The molecule has 4 N–H and O–H groups in total. The molecule has 0 aliphatic carbocycles. The molecule has 0 aliphatic rings. The Morgan fingerprint density at radius 3 is 2.38 bits per heavy atom. The number of hydrogen-bond donors (Lipinski definition) is 3. The molecule has 0 aliphatic heterocycles. The Balaban J connectivity index is 0.00000338. The maximum Gasteiger partial charge on any atom is 0.238 e. The van der Waals surface area contributed by atoms with Crippen molar-refractivity contribution < 1.29 is 8.42 Å². The van der Waals surface area contributed by atoms with E-state index in [9.17, 15) is 8.42 Å². The monoisotopic (exact) mass is 509 g/mol. The first-order valence-electron chi connectivity index (χ1n) is 7.79. The van der Waals surface area contributed by atoms with Crippen LogP contribution in [0.2, 0.25) is 0 Å². The minimum absolute atomic E-state index is 0. The van der Waals surface area contributed by atoms with Gasteiger partial charge >= 0.3 is 0 Å². The predicted molar refractivity (Wildman–Crippen MR) is 117 cm³/mol. The molecular weight excluding hydrogens is 485 g/mol. The normalized spacial score (nSPS) is 11.8. The third-order valence-corrected chi connectivity index (χ3v) is 5.60. The van der Waals surface area contributed by atoms with Crippen molar-refractivity contribution in [2.24, 2.45) is 10.1 Å². The molecule has 0 unspecified atom stereocenters. The fourth-order valence-electron chi connectivity index (χ4n) is 2.29. The van der Waals surface area contributed by atoms with Gasteiger partial charge in [-0.2, -0.15) is 0 Å². The number of aliphatic imine (C=N–C) groups is 1. The van der Waals surface area contributed by atoms with Crippen LogP contribution in [-0.4, -0.2) is 33.0 Å². The van der Waals surface area contributed by atoms with Crippen LogP contribution in [0.1, 0.15) is 21.1 Å². The number of aryl methyl sites for hydroxylation is 2.